The van der Waals surface area contributed by atoms with E-state index in [4.69, 9.17) is 5.73 Å². The Bertz CT molecular complexity index is 524. The zero-order chi connectivity index (χ0) is 16.0. The van der Waals surface area contributed by atoms with E-state index >= 15 is 0 Å². The summed E-state index contributed by atoms with van der Waals surface area (Å²) in [5.74, 6) is 0.760. The molecule has 1 aromatic rings. The fourth-order valence-corrected chi connectivity index (χ4v) is 3.61. The van der Waals surface area contributed by atoms with Gasteiger partial charge in [-0.3, -0.25) is 0 Å². The quantitative estimate of drug-likeness (QED) is 0.800. The van der Waals surface area contributed by atoms with Crippen LogP contribution >= 0.6 is 0 Å². The first-order chi connectivity index (χ1) is 9.76. The second-order valence-electron chi connectivity index (χ2n) is 6.13. The van der Waals surface area contributed by atoms with E-state index in [0.29, 0.717) is 29.9 Å². The summed E-state index contributed by atoms with van der Waals surface area (Å²) in [5.41, 5.74) is 6.47. The van der Waals surface area contributed by atoms with Crippen LogP contribution in [0.25, 0.3) is 0 Å². The van der Waals surface area contributed by atoms with Crippen LogP contribution in [0.15, 0.2) is 29.2 Å². The zero-order valence-electron chi connectivity index (χ0n) is 13.5. The number of rotatable bonds is 8. The fourth-order valence-electron chi connectivity index (χ4n) is 2.30. The Morgan fingerprint density at radius 3 is 2.19 bits per heavy atom. The Morgan fingerprint density at radius 2 is 1.71 bits per heavy atom. The predicted molar refractivity (Wildman–Crippen MR) is 87.9 cm³/mol. The minimum Gasteiger partial charge on any atom is -0.326 e. The highest BCUT2D eigenvalue weighted by Gasteiger charge is 2.17. The molecule has 1 rings (SSSR count). The first-order valence-electron chi connectivity index (χ1n) is 7.48. The summed E-state index contributed by atoms with van der Waals surface area (Å²) in [6.07, 6.45) is 1.07. The molecule has 5 heteroatoms. The van der Waals surface area contributed by atoms with Crippen molar-refractivity contribution < 1.29 is 8.42 Å². The number of hydrogen-bond donors (Lipinski definition) is 1. The van der Waals surface area contributed by atoms with Gasteiger partial charge in [-0.15, -0.1) is 0 Å². The zero-order valence-corrected chi connectivity index (χ0v) is 14.4. The standard InChI is InChI=1S/C16H28N2O2S/c1-13(2)11-14(3)18(4)9-10-21(19,20)16-7-5-15(12-17)6-8-16/h5-8,13-14H,9-12,17H2,1-4H3. The molecule has 0 amide bonds. The molecule has 0 aliphatic rings. The smallest absolute Gasteiger partial charge is 0.179 e. The highest BCUT2D eigenvalue weighted by Crippen LogP contribution is 2.14. The molecule has 0 aliphatic carbocycles. The van der Waals surface area contributed by atoms with Crippen molar-refractivity contribution in [1.82, 2.24) is 4.90 Å². The Kier molecular flexibility index (Phi) is 6.84. The van der Waals surface area contributed by atoms with Crippen molar-refractivity contribution in [3.63, 3.8) is 0 Å². The topological polar surface area (TPSA) is 63.4 Å². The van der Waals surface area contributed by atoms with Gasteiger partial charge in [0.05, 0.1) is 10.6 Å². The predicted octanol–water partition coefficient (Wildman–Crippen LogP) is 2.29. The van der Waals surface area contributed by atoms with E-state index in [1.165, 1.54) is 0 Å². The lowest BCUT2D eigenvalue weighted by molar-refractivity contribution is 0.240. The summed E-state index contributed by atoms with van der Waals surface area (Å²) >= 11 is 0. The Hall–Kier alpha value is -0.910. The maximum atomic E-state index is 12.3. The minimum atomic E-state index is -3.22. The van der Waals surface area contributed by atoms with Crippen molar-refractivity contribution in [1.29, 1.82) is 0 Å². The van der Waals surface area contributed by atoms with Gasteiger partial charge in [0.15, 0.2) is 9.84 Å². The molecule has 0 fully saturated rings. The van der Waals surface area contributed by atoms with Crippen LogP contribution in [-0.4, -0.2) is 38.7 Å². The molecule has 21 heavy (non-hydrogen) atoms. The van der Waals surface area contributed by atoms with E-state index in [2.05, 4.69) is 25.7 Å². The molecule has 1 unspecified atom stereocenters. The van der Waals surface area contributed by atoms with Crippen molar-refractivity contribution in [2.24, 2.45) is 11.7 Å². The van der Waals surface area contributed by atoms with E-state index in [1.807, 2.05) is 7.05 Å². The second-order valence-corrected chi connectivity index (χ2v) is 8.24. The molecule has 2 N–H and O–H groups in total. The average Bonchev–Trinajstić information content (AvgIpc) is 2.44. The number of nitrogens with two attached hydrogens (primary N) is 1. The molecule has 0 saturated carbocycles. The molecule has 0 radical (unpaired) electrons. The largest absolute Gasteiger partial charge is 0.326 e. The monoisotopic (exact) mass is 312 g/mol. The van der Waals surface area contributed by atoms with Crippen molar-refractivity contribution in [3.8, 4) is 0 Å². The van der Waals surface area contributed by atoms with Gasteiger partial charge < -0.3 is 10.6 Å². The third-order valence-corrected chi connectivity index (χ3v) is 5.51. The summed E-state index contributed by atoms with van der Waals surface area (Å²) in [6, 6.07) is 7.24. The van der Waals surface area contributed by atoms with Crippen LogP contribution in [0.2, 0.25) is 0 Å². The van der Waals surface area contributed by atoms with Crippen LogP contribution in [0.1, 0.15) is 32.8 Å². The lowest BCUT2D eigenvalue weighted by atomic mass is 10.0. The Balaban J connectivity index is 2.63. The lowest BCUT2D eigenvalue weighted by Crippen LogP contribution is -2.34. The summed E-state index contributed by atoms with van der Waals surface area (Å²) in [6.45, 7) is 7.48. The molecule has 0 aromatic heterocycles. The van der Waals surface area contributed by atoms with E-state index in [-0.39, 0.29) is 5.75 Å². The summed E-state index contributed by atoms with van der Waals surface area (Å²) in [4.78, 5) is 2.50. The van der Waals surface area contributed by atoms with Gasteiger partial charge in [0.1, 0.15) is 0 Å². The van der Waals surface area contributed by atoms with Crippen LogP contribution in [0, 0.1) is 5.92 Å². The van der Waals surface area contributed by atoms with Gasteiger partial charge in [-0.25, -0.2) is 8.42 Å². The van der Waals surface area contributed by atoms with Crippen molar-refractivity contribution in [3.05, 3.63) is 29.8 Å². The van der Waals surface area contributed by atoms with Gasteiger partial charge >= 0.3 is 0 Å². The fraction of sp³-hybridized carbons (Fsp3) is 0.625. The van der Waals surface area contributed by atoms with Gasteiger partial charge in [0.25, 0.3) is 0 Å². The molecule has 120 valence electrons. The SMILES string of the molecule is CC(C)CC(C)N(C)CCS(=O)(=O)c1ccc(CN)cc1. The number of hydrogen-bond acceptors (Lipinski definition) is 4. The van der Waals surface area contributed by atoms with E-state index in [9.17, 15) is 8.42 Å². The molecule has 0 aliphatic heterocycles. The van der Waals surface area contributed by atoms with Gasteiger partial charge in [0, 0.05) is 19.1 Å². The molecular weight excluding hydrogens is 284 g/mol. The summed E-state index contributed by atoms with van der Waals surface area (Å²) in [5, 5.41) is 0. The molecule has 1 aromatic carbocycles. The third-order valence-electron chi connectivity index (χ3n) is 3.80. The van der Waals surface area contributed by atoms with Gasteiger partial charge in [-0.1, -0.05) is 26.0 Å². The lowest BCUT2D eigenvalue weighted by Gasteiger charge is -2.25. The highest BCUT2D eigenvalue weighted by atomic mass is 32.2. The average molecular weight is 312 g/mol. The first kappa shape index (κ1) is 18.1. The molecular formula is C16H28N2O2S. The molecule has 0 bridgehead atoms. The molecule has 0 saturated heterocycles. The third kappa shape index (κ3) is 5.77. The van der Waals surface area contributed by atoms with E-state index in [0.717, 1.165) is 12.0 Å². The maximum Gasteiger partial charge on any atom is 0.179 e. The van der Waals surface area contributed by atoms with Crippen molar-refractivity contribution in [2.75, 3.05) is 19.3 Å². The van der Waals surface area contributed by atoms with Crippen molar-refractivity contribution in [2.45, 2.75) is 44.7 Å². The van der Waals surface area contributed by atoms with Gasteiger partial charge in [-0.05, 0) is 44.0 Å². The molecule has 4 nitrogen and oxygen atoms in total. The first-order valence-corrected chi connectivity index (χ1v) is 9.13. The highest BCUT2D eigenvalue weighted by molar-refractivity contribution is 7.91. The Morgan fingerprint density at radius 1 is 1.14 bits per heavy atom. The molecule has 0 spiro atoms. The molecule has 1 atom stereocenters. The Labute approximate surface area is 129 Å². The van der Waals surface area contributed by atoms with Crippen LogP contribution in [0.3, 0.4) is 0 Å². The van der Waals surface area contributed by atoms with Crippen LogP contribution in [0.4, 0.5) is 0 Å². The van der Waals surface area contributed by atoms with Crippen LogP contribution in [-0.2, 0) is 16.4 Å². The number of nitrogens with zero attached hydrogens (tertiary/aromatic N) is 1. The number of benzene rings is 1. The van der Waals surface area contributed by atoms with Crippen molar-refractivity contribution >= 4 is 9.84 Å². The van der Waals surface area contributed by atoms with E-state index < -0.39 is 9.84 Å². The summed E-state index contributed by atoms with van der Waals surface area (Å²) < 4.78 is 24.6. The van der Waals surface area contributed by atoms with Gasteiger partial charge in [-0.2, -0.15) is 0 Å². The number of sulfone groups is 1. The maximum absolute atomic E-state index is 12.3. The molecule has 0 heterocycles. The van der Waals surface area contributed by atoms with E-state index in [1.54, 1.807) is 24.3 Å². The van der Waals surface area contributed by atoms with Gasteiger partial charge in [0.2, 0.25) is 0 Å². The summed E-state index contributed by atoms with van der Waals surface area (Å²) in [7, 11) is -1.24. The normalized spacial score (nSPS) is 13.9. The van der Waals surface area contributed by atoms with Crippen LogP contribution < -0.4 is 5.73 Å². The minimum absolute atomic E-state index is 0.147. The second kappa shape index (κ2) is 7.92. The van der Waals surface area contributed by atoms with Crippen LogP contribution in [0.5, 0.6) is 0 Å².